The maximum Gasteiger partial charge on any atom is 0.668 e. The van der Waals surface area contributed by atoms with Crippen LogP contribution in [0.2, 0.25) is 0 Å². The minimum absolute atomic E-state index is 0. The van der Waals surface area contributed by atoms with Crippen LogP contribution in [0.1, 0.15) is 0 Å². The summed E-state index contributed by atoms with van der Waals surface area (Å²) in [5.41, 5.74) is 0. The molecule has 0 unspecified atom stereocenters. The predicted molar refractivity (Wildman–Crippen MR) is 20.4 cm³/mol. The summed E-state index contributed by atoms with van der Waals surface area (Å²) in [6, 6.07) is 0. The molecule has 0 aromatic rings. The van der Waals surface area contributed by atoms with Gasteiger partial charge in [-0.2, -0.15) is 0 Å². The fourth-order valence-corrected chi connectivity index (χ4v) is 0. The molecule has 0 fully saturated rings. The largest absolute Gasteiger partial charge is 0.668 e. The fourth-order valence-electron chi connectivity index (χ4n) is 0. The van der Waals surface area contributed by atoms with Crippen LogP contribution in [-0.2, 0) is 0 Å². The molecule has 0 aliphatic rings. The number of hydrogen-bond acceptors (Lipinski definition) is 4. The Morgan fingerprint density at radius 2 is 0.833 bits per heavy atom. The molecule has 38 valence electrons. The normalized spacial score (nSPS) is 10.0. The average molecular weight is 175 g/mol. The third kappa shape index (κ3) is 176. The standard InChI is InChI=1S/H4O4Si.Se/c1-5(2,3)4;/h1-4H;. The van der Waals surface area contributed by atoms with Crippen LogP contribution in [0, 0.1) is 0 Å². The maximum atomic E-state index is 7.33. The van der Waals surface area contributed by atoms with Gasteiger partial charge in [-0.1, -0.05) is 0 Å². The van der Waals surface area contributed by atoms with Crippen molar-refractivity contribution in [2.45, 2.75) is 0 Å². The van der Waals surface area contributed by atoms with Crippen LogP contribution >= 0.6 is 0 Å². The van der Waals surface area contributed by atoms with Crippen molar-refractivity contribution in [3.8, 4) is 0 Å². The molecule has 2 radical (unpaired) electrons. The molecule has 0 atom stereocenters. The van der Waals surface area contributed by atoms with E-state index in [0.29, 0.717) is 0 Å². The summed E-state index contributed by atoms with van der Waals surface area (Å²) in [4.78, 5) is 29.3. The van der Waals surface area contributed by atoms with Crippen LogP contribution in [0.3, 0.4) is 0 Å². The third-order valence-electron chi connectivity index (χ3n) is 0. The third-order valence-corrected chi connectivity index (χ3v) is 0. The molecule has 6 heavy (non-hydrogen) atoms. The van der Waals surface area contributed by atoms with Gasteiger partial charge in [0.2, 0.25) is 0 Å². The second-order valence-electron chi connectivity index (χ2n) is 0.600. The number of hydrogen-bond donors (Lipinski definition) is 4. The first-order valence-electron chi connectivity index (χ1n) is 0.894. The first-order chi connectivity index (χ1) is 2.00. The van der Waals surface area contributed by atoms with Crippen molar-refractivity contribution < 1.29 is 19.2 Å². The Kier molecular flexibility index (Phi) is 4.39. The van der Waals surface area contributed by atoms with E-state index in [9.17, 15) is 0 Å². The zero-order valence-corrected chi connectivity index (χ0v) is 5.41. The van der Waals surface area contributed by atoms with E-state index in [1.165, 1.54) is 0 Å². The maximum absolute atomic E-state index is 7.33. The summed E-state index contributed by atoms with van der Waals surface area (Å²) in [7, 11) is -4.61. The van der Waals surface area contributed by atoms with E-state index in [1.54, 1.807) is 0 Å². The summed E-state index contributed by atoms with van der Waals surface area (Å²) in [6.07, 6.45) is 0. The van der Waals surface area contributed by atoms with Gasteiger partial charge in [0.1, 0.15) is 0 Å². The van der Waals surface area contributed by atoms with Crippen LogP contribution in [0.4, 0.5) is 0 Å². The summed E-state index contributed by atoms with van der Waals surface area (Å²) in [5, 5.41) is 0. The summed E-state index contributed by atoms with van der Waals surface area (Å²) >= 11 is 0. The topological polar surface area (TPSA) is 80.9 Å². The Balaban J connectivity index is 0. The van der Waals surface area contributed by atoms with Crippen molar-refractivity contribution in [3.63, 3.8) is 0 Å². The Labute approximate surface area is 46.0 Å². The molecule has 4 nitrogen and oxygen atoms in total. The molecule has 0 aromatic carbocycles. The molecule has 0 bridgehead atoms. The van der Waals surface area contributed by atoms with Crippen LogP contribution in [0.15, 0.2) is 0 Å². The molecule has 0 amide bonds. The van der Waals surface area contributed by atoms with E-state index >= 15 is 0 Å². The van der Waals surface area contributed by atoms with E-state index < -0.39 is 9.05 Å². The number of rotatable bonds is 0. The van der Waals surface area contributed by atoms with Crippen molar-refractivity contribution in [2.75, 3.05) is 0 Å². The van der Waals surface area contributed by atoms with Crippen molar-refractivity contribution >= 4 is 26.1 Å². The zero-order chi connectivity index (χ0) is 4.50. The molecule has 0 saturated heterocycles. The van der Waals surface area contributed by atoms with Crippen molar-refractivity contribution in [2.24, 2.45) is 0 Å². The molecule has 0 saturated carbocycles. The second kappa shape index (κ2) is 2.70. The molecular weight excluding hydrogens is 171 g/mol. The monoisotopic (exact) mass is 176 g/mol. The zero-order valence-electron chi connectivity index (χ0n) is 2.70. The molecule has 0 heterocycles. The van der Waals surface area contributed by atoms with E-state index in [-0.39, 0.29) is 17.1 Å². The van der Waals surface area contributed by atoms with Crippen molar-refractivity contribution in [3.05, 3.63) is 0 Å². The first kappa shape index (κ1) is 9.76. The molecule has 0 rings (SSSR count). The van der Waals surface area contributed by atoms with E-state index in [0.717, 1.165) is 0 Å². The van der Waals surface area contributed by atoms with Gasteiger partial charge in [0.25, 0.3) is 0 Å². The van der Waals surface area contributed by atoms with Gasteiger partial charge in [-0.3, -0.25) is 0 Å². The van der Waals surface area contributed by atoms with Crippen LogP contribution in [0.25, 0.3) is 0 Å². The summed E-state index contributed by atoms with van der Waals surface area (Å²) in [5.74, 6) is 0. The SMILES string of the molecule is O[Si](O)(O)O.[Se]. The molecule has 0 aromatic heterocycles. The van der Waals surface area contributed by atoms with Gasteiger partial charge < -0.3 is 19.2 Å². The average Bonchev–Trinajstić information content (AvgIpc) is 0.722. The van der Waals surface area contributed by atoms with Gasteiger partial charge in [0.05, 0.1) is 0 Å². The Morgan fingerprint density at radius 1 is 0.833 bits per heavy atom. The minimum atomic E-state index is -4.61. The van der Waals surface area contributed by atoms with Crippen molar-refractivity contribution in [1.82, 2.24) is 0 Å². The molecule has 0 aliphatic heterocycles. The quantitative estimate of drug-likeness (QED) is 0.296. The van der Waals surface area contributed by atoms with Crippen LogP contribution < -0.4 is 0 Å². The minimum Gasteiger partial charge on any atom is -0.368 e. The van der Waals surface area contributed by atoms with Gasteiger partial charge in [-0.15, -0.1) is 0 Å². The van der Waals surface area contributed by atoms with Gasteiger partial charge in [-0.05, 0) is 0 Å². The van der Waals surface area contributed by atoms with E-state index in [4.69, 9.17) is 19.2 Å². The summed E-state index contributed by atoms with van der Waals surface area (Å²) in [6.45, 7) is 0. The summed E-state index contributed by atoms with van der Waals surface area (Å²) < 4.78 is 0. The fraction of sp³-hybridized carbons (Fsp3) is 0. The van der Waals surface area contributed by atoms with Gasteiger partial charge in [-0.25, -0.2) is 0 Å². The van der Waals surface area contributed by atoms with E-state index in [2.05, 4.69) is 0 Å². The second-order valence-corrected chi connectivity index (χ2v) is 1.80. The molecule has 6 heteroatoms. The Morgan fingerprint density at radius 3 is 0.833 bits per heavy atom. The van der Waals surface area contributed by atoms with Gasteiger partial charge >= 0.3 is 9.05 Å². The molecule has 0 spiro atoms. The Bertz CT molecular complexity index is 23.0. The van der Waals surface area contributed by atoms with Crippen LogP contribution in [-0.4, -0.2) is 45.3 Å². The molecule has 0 aliphatic carbocycles. The Hall–Kier alpha value is 0.576. The first-order valence-corrected chi connectivity index (χ1v) is 2.68. The van der Waals surface area contributed by atoms with Gasteiger partial charge in [0, 0.05) is 17.1 Å². The van der Waals surface area contributed by atoms with E-state index in [1.807, 2.05) is 0 Å². The smallest absolute Gasteiger partial charge is 0.368 e. The molecule has 4 N–H and O–H groups in total. The van der Waals surface area contributed by atoms with Gasteiger partial charge in [0.15, 0.2) is 0 Å². The van der Waals surface area contributed by atoms with Crippen molar-refractivity contribution in [1.29, 1.82) is 0 Å². The molecular formula is H4O4SeSi. The van der Waals surface area contributed by atoms with Crippen LogP contribution in [0.5, 0.6) is 0 Å². The predicted octanol–water partition coefficient (Wildman–Crippen LogP) is -2.99.